The number of hydrogen-bond donors (Lipinski definition) is 2. The maximum Gasteiger partial charge on any atom is 0.00767 e. The first-order valence-electron chi connectivity index (χ1n) is 7.17. The fraction of sp³-hybridized carbons (Fsp3) is 0.867. The summed E-state index contributed by atoms with van der Waals surface area (Å²) >= 11 is 0. The summed E-state index contributed by atoms with van der Waals surface area (Å²) in [4.78, 5) is 0. The Hall–Kier alpha value is -0.340. The van der Waals surface area contributed by atoms with Crippen molar-refractivity contribution in [3.63, 3.8) is 0 Å². The molecule has 0 aliphatic heterocycles. The van der Waals surface area contributed by atoms with Crippen LogP contribution in [0.4, 0.5) is 0 Å². The van der Waals surface area contributed by atoms with Crippen LogP contribution >= 0.6 is 0 Å². The molecule has 0 bridgehead atoms. The predicted octanol–water partition coefficient (Wildman–Crippen LogP) is 3.59. The molecule has 0 amide bonds. The lowest BCUT2D eigenvalue weighted by Crippen LogP contribution is -2.28. The van der Waals surface area contributed by atoms with Gasteiger partial charge in [0.15, 0.2) is 0 Å². The van der Waals surface area contributed by atoms with Crippen LogP contribution in [-0.4, -0.2) is 26.7 Å². The van der Waals surface area contributed by atoms with Crippen molar-refractivity contribution in [2.24, 2.45) is 5.92 Å². The lowest BCUT2D eigenvalue weighted by molar-refractivity contribution is 0.466. The smallest absolute Gasteiger partial charge is 0.00767 e. The van der Waals surface area contributed by atoms with E-state index in [0.29, 0.717) is 0 Å². The van der Waals surface area contributed by atoms with E-state index in [-0.39, 0.29) is 0 Å². The summed E-state index contributed by atoms with van der Waals surface area (Å²) in [5.41, 5.74) is 1.52. The first-order valence-corrected chi connectivity index (χ1v) is 7.17. The van der Waals surface area contributed by atoms with Crippen LogP contribution in [0.2, 0.25) is 0 Å². The third kappa shape index (κ3) is 15.7. The Balaban J connectivity index is 0. The van der Waals surface area contributed by atoms with Crippen molar-refractivity contribution in [2.45, 2.75) is 53.9 Å². The fourth-order valence-corrected chi connectivity index (χ4v) is 1.54. The number of allylic oxidation sites excluding steroid dienone is 2. The van der Waals surface area contributed by atoms with Crippen molar-refractivity contribution in [3.8, 4) is 0 Å². The van der Waals surface area contributed by atoms with Gasteiger partial charge >= 0.3 is 0 Å². The summed E-state index contributed by atoms with van der Waals surface area (Å²) in [7, 11) is 1.99. The molecule has 0 aromatic heterocycles. The van der Waals surface area contributed by atoms with Crippen molar-refractivity contribution >= 4 is 0 Å². The Labute approximate surface area is 109 Å². The van der Waals surface area contributed by atoms with Gasteiger partial charge in [-0.2, -0.15) is 0 Å². The Morgan fingerprint density at radius 2 is 1.88 bits per heavy atom. The quantitative estimate of drug-likeness (QED) is 0.477. The van der Waals surface area contributed by atoms with E-state index in [2.05, 4.69) is 37.5 Å². The Morgan fingerprint density at radius 3 is 2.41 bits per heavy atom. The van der Waals surface area contributed by atoms with Gasteiger partial charge in [-0.1, -0.05) is 32.4 Å². The molecule has 104 valence electrons. The first kappa shape index (κ1) is 19.0. The van der Waals surface area contributed by atoms with E-state index in [4.69, 9.17) is 0 Å². The molecule has 1 atom stereocenters. The fourth-order valence-electron chi connectivity index (χ4n) is 1.54. The van der Waals surface area contributed by atoms with Gasteiger partial charge < -0.3 is 10.6 Å². The van der Waals surface area contributed by atoms with Crippen LogP contribution in [-0.2, 0) is 0 Å². The van der Waals surface area contributed by atoms with Gasteiger partial charge in [0.25, 0.3) is 0 Å². The molecule has 1 unspecified atom stereocenters. The zero-order valence-corrected chi connectivity index (χ0v) is 12.9. The van der Waals surface area contributed by atoms with Gasteiger partial charge in [-0.25, -0.2) is 0 Å². The summed E-state index contributed by atoms with van der Waals surface area (Å²) in [6.45, 7) is 14.0. The summed E-state index contributed by atoms with van der Waals surface area (Å²) in [5.74, 6) is 0.798. The van der Waals surface area contributed by atoms with Crippen molar-refractivity contribution < 1.29 is 0 Å². The molecule has 2 N–H and O–H groups in total. The van der Waals surface area contributed by atoms with Gasteiger partial charge in [0.1, 0.15) is 0 Å². The third-order valence-corrected chi connectivity index (χ3v) is 2.81. The van der Waals surface area contributed by atoms with Gasteiger partial charge in [0, 0.05) is 13.1 Å². The topological polar surface area (TPSA) is 24.1 Å². The summed E-state index contributed by atoms with van der Waals surface area (Å²) in [6.07, 6.45) is 6.13. The van der Waals surface area contributed by atoms with Crippen LogP contribution in [0.5, 0.6) is 0 Å². The van der Waals surface area contributed by atoms with Gasteiger partial charge in [-0.3, -0.25) is 0 Å². The van der Waals surface area contributed by atoms with Gasteiger partial charge in [-0.15, -0.1) is 0 Å². The SMILES string of the molecule is C/C=C(/C)CCCC(C)CNCCNC.CC. The molecule has 0 rings (SSSR count). The molecule has 0 spiro atoms. The van der Waals surface area contributed by atoms with Crippen LogP contribution in [0.3, 0.4) is 0 Å². The number of rotatable bonds is 9. The van der Waals surface area contributed by atoms with Crippen LogP contribution in [0, 0.1) is 5.92 Å². The zero-order chi connectivity index (χ0) is 13.5. The van der Waals surface area contributed by atoms with Crippen LogP contribution in [0.1, 0.15) is 53.9 Å². The Morgan fingerprint density at radius 1 is 1.24 bits per heavy atom. The molecule has 0 heterocycles. The van der Waals surface area contributed by atoms with Crippen LogP contribution in [0.15, 0.2) is 11.6 Å². The highest BCUT2D eigenvalue weighted by atomic mass is 14.9. The average molecular weight is 242 g/mol. The van der Waals surface area contributed by atoms with E-state index < -0.39 is 0 Å². The van der Waals surface area contributed by atoms with E-state index in [1.165, 1.54) is 24.8 Å². The normalized spacial score (nSPS) is 12.9. The van der Waals surface area contributed by atoms with Crippen molar-refractivity contribution in [2.75, 3.05) is 26.7 Å². The molecule has 0 aromatic rings. The molecule has 17 heavy (non-hydrogen) atoms. The van der Waals surface area contributed by atoms with E-state index in [1.807, 2.05) is 20.9 Å². The largest absolute Gasteiger partial charge is 0.318 e. The van der Waals surface area contributed by atoms with Crippen molar-refractivity contribution in [3.05, 3.63) is 11.6 Å². The third-order valence-electron chi connectivity index (χ3n) is 2.81. The minimum absolute atomic E-state index is 0.798. The first-order chi connectivity index (χ1) is 8.20. The van der Waals surface area contributed by atoms with Gasteiger partial charge in [0.2, 0.25) is 0 Å². The van der Waals surface area contributed by atoms with Crippen LogP contribution in [0.25, 0.3) is 0 Å². The molecule has 0 aliphatic carbocycles. The molecule has 0 radical (unpaired) electrons. The molecule has 0 saturated carbocycles. The molecular formula is C15H34N2. The lowest BCUT2D eigenvalue weighted by atomic mass is 10.0. The summed E-state index contributed by atoms with van der Waals surface area (Å²) in [5, 5.41) is 6.60. The van der Waals surface area contributed by atoms with Crippen LogP contribution < -0.4 is 10.6 Å². The Kier molecular flexibility index (Phi) is 17.5. The minimum Gasteiger partial charge on any atom is -0.318 e. The van der Waals surface area contributed by atoms with E-state index >= 15 is 0 Å². The number of hydrogen-bond acceptors (Lipinski definition) is 2. The monoisotopic (exact) mass is 242 g/mol. The average Bonchev–Trinajstić information content (AvgIpc) is 2.37. The predicted molar refractivity (Wildman–Crippen MR) is 80.6 cm³/mol. The number of likely N-dealkylation sites (N-methyl/N-ethyl adjacent to an activating group) is 1. The standard InChI is InChI=1S/C13H28N2.C2H6/c1-5-12(2)7-6-8-13(3)11-15-10-9-14-4;1-2/h5,13-15H,6-11H2,1-4H3;1-2H3/b12-5-;. The molecule has 0 aliphatic rings. The maximum atomic E-state index is 3.46. The minimum atomic E-state index is 0.798. The molecular weight excluding hydrogens is 208 g/mol. The van der Waals surface area contributed by atoms with Gasteiger partial charge in [-0.05, 0) is 52.6 Å². The second kappa shape index (κ2) is 15.7. The van der Waals surface area contributed by atoms with E-state index in [9.17, 15) is 0 Å². The summed E-state index contributed by atoms with van der Waals surface area (Å²) in [6, 6.07) is 0. The molecule has 0 fully saturated rings. The number of nitrogens with one attached hydrogen (secondary N) is 2. The Bertz CT molecular complexity index is 164. The highest BCUT2D eigenvalue weighted by Gasteiger charge is 2.01. The second-order valence-electron chi connectivity index (χ2n) is 4.44. The molecule has 0 saturated heterocycles. The second-order valence-corrected chi connectivity index (χ2v) is 4.44. The zero-order valence-electron chi connectivity index (χ0n) is 12.9. The summed E-state index contributed by atoms with van der Waals surface area (Å²) < 4.78 is 0. The van der Waals surface area contributed by atoms with Gasteiger partial charge in [0.05, 0.1) is 0 Å². The van der Waals surface area contributed by atoms with E-state index in [0.717, 1.165) is 25.6 Å². The highest BCUT2D eigenvalue weighted by Crippen LogP contribution is 2.11. The van der Waals surface area contributed by atoms with E-state index in [1.54, 1.807) is 0 Å². The molecule has 2 heteroatoms. The molecule has 0 aromatic carbocycles. The maximum absolute atomic E-state index is 3.46. The molecule has 2 nitrogen and oxygen atoms in total. The van der Waals surface area contributed by atoms with Crippen molar-refractivity contribution in [1.82, 2.24) is 10.6 Å². The van der Waals surface area contributed by atoms with Crippen molar-refractivity contribution in [1.29, 1.82) is 0 Å². The highest BCUT2D eigenvalue weighted by molar-refractivity contribution is 4.94. The lowest BCUT2D eigenvalue weighted by Gasteiger charge is -2.12.